The summed E-state index contributed by atoms with van der Waals surface area (Å²) in [5.74, 6) is 0. The van der Waals surface area contributed by atoms with Gasteiger partial charge in [-0.2, -0.15) is 11.8 Å². The first-order valence-corrected chi connectivity index (χ1v) is 5.98. The van der Waals surface area contributed by atoms with E-state index in [-0.39, 0.29) is 6.54 Å². The average Bonchev–Trinajstić information content (AvgIpc) is 1.99. The highest BCUT2D eigenvalue weighted by molar-refractivity contribution is 8.00. The Bertz CT molecular complexity index is 234. The molecule has 0 aromatic heterocycles. The summed E-state index contributed by atoms with van der Waals surface area (Å²) in [4.78, 5) is 1.85. The maximum Gasteiger partial charge on any atom is 0.506 e. The minimum Gasteiger partial charge on any atom is -0.445 e. The molecule has 0 aromatic rings. The Balaban J connectivity index is 2.48. The lowest BCUT2D eigenvalue weighted by Crippen LogP contribution is -2.43. The Morgan fingerprint density at radius 3 is 2.20 bits per heavy atom. The van der Waals surface area contributed by atoms with E-state index >= 15 is 0 Å². The molecule has 6 heteroatoms. The molecule has 0 radical (unpaired) electrons. The molecular weight excluding hydrogens is 222 g/mol. The lowest BCUT2D eigenvalue weighted by molar-refractivity contribution is 0.291. The first-order valence-electron chi connectivity index (χ1n) is 5.04. The number of halogens is 3. The molecular formula is C9H16BF3NS-. The molecule has 0 bridgehead atoms. The van der Waals surface area contributed by atoms with E-state index in [1.807, 2.05) is 16.7 Å². The minimum absolute atomic E-state index is 0.0290. The predicted molar refractivity (Wildman–Crippen MR) is 61.2 cm³/mol. The topological polar surface area (TPSA) is 3.24 Å². The van der Waals surface area contributed by atoms with Gasteiger partial charge in [0.2, 0.25) is 0 Å². The van der Waals surface area contributed by atoms with E-state index in [0.29, 0.717) is 10.5 Å². The summed E-state index contributed by atoms with van der Waals surface area (Å²) in [7, 11) is 0. The molecule has 1 fully saturated rings. The Hall–Kier alpha value is -0.0951. The van der Waals surface area contributed by atoms with Crippen molar-refractivity contribution in [3.8, 4) is 0 Å². The van der Waals surface area contributed by atoms with Gasteiger partial charge in [-0.25, -0.2) is 0 Å². The SMILES string of the molecule is C=C(CN1CC(C)SC(C)C1)[B-](F)(F)F. The summed E-state index contributed by atoms with van der Waals surface area (Å²) < 4.78 is 37.0. The van der Waals surface area contributed by atoms with E-state index in [0.717, 1.165) is 13.1 Å². The molecule has 2 unspecified atom stereocenters. The standard InChI is InChI=1S/C9H16BF3NS/c1-7(10(11,12)13)4-14-5-8(2)15-9(3)6-14/h8-9H,1,4-6H2,2-3H3/q-1. The van der Waals surface area contributed by atoms with Crippen molar-refractivity contribution in [2.75, 3.05) is 19.6 Å². The number of rotatable bonds is 3. The molecule has 1 heterocycles. The van der Waals surface area contributed by atoms with Crippen molar-refractivity contribution < 1.29 is 12.9 Å². The fraction of sp³-hybridized carbons (Fsp3) is 0.778. The third kappa shape index (κ3) is 4.11. The molecule has 1 saturated heterocycles. The van der Waals surface area contributed by atoms with Crippen molar-refractivity contribution in [3.05, 3.63) is 12.1 Å². The van der Waals surface area contributed by atoms with E-state index in [2.05, 4.69) is 20.4 Å². The summed E-state index contributed by atoms with van der Waals surface area (Å²) in [5.41, 5.74) is -0.582. The van der Waals surface area contributed by atoms with Crippen LogP contribution >= 0.6 is 11.8 Å². The number of thioether (sulfide) groups is 1. The van der Waals surface area contributed by atoms with Gasteiger partial charge < -0.3 is 17.8 Å². The van der Waals surface area contributed by atoms with Crippen LogP contribution in [0, 0.1) is 0 Å². The van der Waals surface area contributed by atoms with Gasteiger partial charge >= 0.3 is 6.98 Å². The Labute approximate surface area is 93.1 Å². The van der Waals surface area contributed by atoms with Crippen LogP contribution in [0.2, 0.25) is 0 Å². The minimum atomic E-state index is -4.87. The quantitative estimate of drug-likeness (QED) is 0.695. The van der Waals surface area contributed by atoms with Gasteiger partial charge in [-0.05, 0) is 6.54 Å². The fourth-order valence-electron chi connectivity index (χ4n) is 1.80. The Kier molecular flexibility index (Phi) is 4.17. The van der Waals surface area contributed by atoms with Crippen LogP contribution in [-0.2, 0) is 0 Å². The van der Waals surface area contributed by atoms with Gasteiger partial charge in [0.05, 0.1) is 0 Å². The van der Waals surface area contributed by atoms with E-state index in [9.17, 15) is 12.9 Å². The maximum absolute atomic E-state index is 12.3. The van der Waals surface area contributed by atoms with Crippen molar-refractivity contribution in [1.82, 2.24) is 4.90 Å². The highest BCUT2D eigenvalue weighted by Crippen LogP contribution is 2.26. The van der Waals surface area contributed by atoms with Crippen LogP contribution in [0.5, 0.6) is 0 Å². The molecule has 1 rings (SSSR count). The van der Waals surface area contributed by atoms with E-state index in [4.69, 9.17) is 0 Å². The molecule has 0 amide bonds. The molecule has 0 aromatic carbocycles. The molecule has 0 aliphatic carbocycles. The second kappa shape index (κ2) is 4.83. The van der Waals surface area contributed by atoms with Crippen molar-refractivity contribution in [1.29, 1.82) is 0 Å². The van der Waals surface area contributed by atoms with Crippen LogP contribution in [0.25, 0.3) is 0 Å². The predicted octanol–water partition coefficient (Wildman–Crippen LogP) is 2.76. The number of hydrogen-bond donors (Lipinski definition) is 0. The van der Waals surface area contributed by atoms with Crippen LogP contribution < -0.4 is 0 Å². The maximum atomic E-state index is 12.3. The Morgan fingerprint density at radius 2 is 1.80 bits per heavy atom. The van der Waals surface area contributed by atoms with Crippen molar-refractivity contribution >= 4 is 18.7 Å². The third-order valence-electron chi connectivity index (χ3n) is 2.38. The number of nitrogens with zero attached hydrogens (tertiary/aromatic N) is 1. The lowest BCUT2D eigenvalue weighted by Gasteiger charge is -2.36. The summed E-state index contributed by atoms with van der Waals surface area (Å²) >= 11 is 1.83. The lowest BCUT2D eigenvalue weighted by atomic mass is 9.80. The first kappa shape index (κ1) is 13.0. The van der Waals surface area contributed by atoms with E-state index < -0.39 is 12.4 Å². The van der Waals surface area contributed by atoms with Crippen LogP contribution in [0.1, 0.15) is 13.8 Å². The van der Waals surface area contributed by atoms with Crippen LogP contribution in [0.3, 0.4) is 0 Å². The third-order valence-corrected chi connectivity index (χ3v) is 3.61. The number of hydrogen-bond acceptors (Lipinski definition) is 2. The molecule has 0 spiro atoms. The molecule has 2 atom stereocenters. The van der Waals surface area contributed by atoms with Crippen molar-refractivity contribution in [2.45, 2.75) is 24.3 Å². The van der Waals surface area contributed by atoms with Crippen molar-refractivity contribution in [3.63, 3.8) is 0 Å². The molecule has 1 aliphatic heterocycles. The van der Waals surface area contributed by atoms with Crippen molar-refractivity contribution in [2.24, 2.45) is 0 Å². The fourth-order valence-corrected chi connectivity index (χ4v) is 3.19. The molecule has 15 heavy (non-hydrogen) atoms. The summed E-state index contributed by atoms with van der Waals surface area (Å²) in [6.07, 6.45) is 0. The summed E-state index contributed by atoms with van der Waals surface area (Å²) in [6.45, 7) is 3.77. The second-order valence-electron chi connectivity index (χ2n) is 4.18. The monoisotopic (exact) mass is 238 g/mol. The van der Waals surface area contributed by atoms with Gasteiger partial charge in [-0.15, -0.1) is 12.1 Å². The zero-order chi connectivity index (χ0) is 11.6. The van der Waals surface area contributed by atoms with E-state index in [1.165, 1.54) is 0 Å². The average molecular weight is 238 g/mol. The molecule has 0 N–H and O–H groups in total. The highest BCUT2D eigenvalue weighted by atomic mass is 32.2. The summed E-state index contributed by atoms with van der Waals surface area (Å²) in [6, 6.07) is 0. The molecule has 88 valence electrons. The van der Waals surface area contributed by atoms with Crippen LogP contribution in [0.4, 0.5) is 12.9 Å². The van der Waals surface area contributed by atoms with Gasteiger partial charge in [0.1, 0.15) is 0 Å². The van der Waals surface area contributed by atoms with Gasteiger partial charge in [-0.3, -0.25) is 0 Å². The van der Waals surface area contributed by atoms with Crippen LogP contribution in [0.15, 0.2) is 12.1 Å². The van der Waals surface area contributed by atoms with Gasteiger partial charge in [0.25, 0.3) is 0 Å². The Morgan fingerprint density at radius 1 is 1.33 bits per heavy atom. The van der Waals surface area contributed by atoms with Gasteiger partial charge in [0.15, 0.2) is 0 Å². The van der Waals surface area contributed by atoms with Crippen LogP contribution in [-0.4, -0.2) is 42.0 Å². The molecule has 1 aliphatic rings. The highest BCUT2D eigenvalue weighted by Gasteiger charge is 2.30. The molecule has 1 nitrogen and oxygen atoms in total. The smallest absolute Gasteiger partial charge is 0.445 e. The van der Waals surface area contributed by atoms with Gasteiger partial charge in [-0.1, -0.05) is 13.8 Å². The zero-order valence-corrected chi connectivity index (χ0v) is 9.87. The normalized spacial score (nSPS) is 29.1. The second-order valence-corrected chi connectivity index (χ2v) is 6.07. The molecule has 0 saturated carbocycles. The largest absolute Gasteiger partial charge is 0.506 e. The summed E-state index contributed by atoms with van der Waals surface area (Å²) in [5, 5.41) is 0.810. The zero-order valence-electron chi connectivity index (χ0n) is 9.05. The first-order chi connectivity index (χ1) is 6.79. The van der Waals surface area contributed by atoms with E-state index in [1.54, 1.807) is 0 Å². The van der Waals surface area contributed by atoms with Gasteiger partial charge in [0, 0.05) is 23.6 Å².